The molecule has 2 aromatic carbocycles. The molecule has 0 radical (unpaired) electrons. The lowest BCUT2D eigenvalue weighted by atomic mass is 10.2. The number of furan rings is 1. The number of rotatable bonds is 3. The highest BCUT2D eigenvalue weighted by molar-refractivity contribution is 5.86. The van der Waals surface area contributed by atoms with Crippen molar-refractivity contribution >= 4 is 11.0 Å². The van der Waals surface area contributed by atoms with E-state index in [4.69, 9.17) is 14.4 Å². The van der Waals surface area contributed by atoms with E-state index in [9.17, 15) is 8.78 Å². The van der Waals surface area contributed by atoms with E-state index in [1.165, 1.54) is 6.07 Å². The summed E-state index contributed by atoms with van der Waals surface area (Å²) in [6.45, 7) is -0.323. The standard InChI is InChI=1S/C16H9F2NO2/c17-12-5-3-6-13(18)11(12)9-20-16-10-4-1-2-7-14(10)21-15(16)8-19/h1-7H,9H2. The van der Waals surface area contributed by atoms with Crippen LogP contribution in [-0.2, 0) is 6.61 Å². The molecule has 0 bridgehead atoms. The van der Waals surface area contributed by atoms with Crippen LogP contribution in [0.4, 0.5) is 8.78 Å². The third kappa shape index (κ3) is 2.32. The third-order valence-electron chi connectivity index (χ3n) is 3.07. The predicted octanol–water partition coefficient (Wildman–Crippen LogP) is 4.16. The molecule has 0 saturated heterocycles. The highest BCUT2D eigenvalue weighted by Crippen LogP contribution is 2.33. The average molecular weight is 285 g/mol. The van der Waals surface area contributed by atoms with Gasteiger partial charge in [-0.05, 0) is 24.3 Å². The normalized spacial score (nSPS) is 10.5. The quantitative estimate of drug-likeness (QED) is 0.725. The van der Waals surface area contributed by atoms with Crippen LogP contribution < -0.4 is 4.74 Å². The zero-order valence-electron chi connectivity index (χ0n) is 10.8. The van der Waals surface area contributed by atoms with Gasteiger partial charge in [0.25, 0.3) is 0 Å². The number of nitriles is 1. The predicted molar refractivity (Wildman–Crippen MR) is 71.6 cm³/mol. The molecule has 5 heteroatoms. The molecule has 3 rings (SSSR count). The molecule has 1 aromatic heterocycles. The summed E-state index contributed by atoms with van der Waals surface area (Å²) in [6.07, 6.45) is 0. The molecule has 1 heterocycles. The van der Waals surface area contributed by atoms with Crippen LogP contribution >= 0.6 is 0 Å². The van der Waals surface area contributed by atoms with E-state index in [-0.39, 0.29) is 23.7 Å². The highest BCUT2D eigenvalue weighted by atomic mass is 19.1. The van der Waals surface area contributed by atoms with Crippen molar-refractivity contribution in [3.8, 4) is 11.8 Å². The first kappa shape index (κ1) is 13.1. The Morgan fingerprint density at radius 2 is 1.76 bits per heavy atom. The molecule has 0 spiro atoms. The second-order valence-corrected chi connectivity index (χ2v) is 4.36. The summed E-state index contributed by atoms with van der Waals surface area (Å²) in [6, 6.07) is 12.4. The summed E-state index contributed by atoms with van der Waals surface area (Å²) in [5.41, 5.74) is 0.296. The first-order valence-corrected chi connectivity index (χ1v) is 6.18. The maximum atomic E-state index is 13.6. The van der Waals surface area contributed by atoms with Crippen molar-refractivity contribution in [2.75, 3.05) is 0 Å². The van der Waals surface area contributed by atoms with E-state index in [2.05, 4.69) is 0 Å². The van der Waals surface area contributed by atoms with Gasteiger partial charge < -0.3 is 9.15 Å². The average Bonchev–Trinajstić information content (AvgIpc) is 2.85. The van der Waals surface area contributed by atoms with Gasteiger partial charge in [0, 0.05) is 0 Å². The number of halogens is 2. The summed E-state index contributed by atoms with van der Waals surface area (Å²) < 4.78 is 37.9. The Hall–Kier alpha value is -2.87. The Bertz CT molecular complexity index is 829. The summed E-state index contributed by atoms with van der Waals surface area (Å²) in [4.78, 5) is 0. The summed E-state index contributed by atoms with van der Waals surface area (Å²) in [5, 5.41) is 9.64. The SMILES string of the molecule is N#Cc1oc2ccccc2c1OCc1c(F)cccc1F. The number of fused-ring (bicyclic) bond motifs is 1. The summed E-state index contributed by atoms with van der Waals surface area (Å²) in [7, 11) is 0. The van der Waals surface area contributed by atoms with Crippen molar-refractivity contribution in [1.82, 2.24) is 0 Å². The molecule has 104 valence electrons. The highest BCUT2D eigenvalue weighted by Gasteiger charge is 2.17. The number of hydrogen-bond donors (Lipinski definition) is 0. The minimum absolute atomic E-state index is 0.0204. The maximum Gasteiger partial charge on any atom is 0.246 e. The molecule has 0 saturated carbocycles. The minimum atomic E-state index is -0.693. The van der Waals surface area contributed by atoms with E-state index in [1.54, 1.807) is 24.3 Å². The fourth-order valence-corrected chi connectivity index (χ4v) is 2.05. The molecule has 0 fully saturated rings. The number of para-hydroxylation sites is 1. The van der Waals surface area contributed by atoms with Crippen LogP contribution in [0.15, 0.2) is 46.9 Å². The minimum Gasteiger partial charge on any atom is -0.483 e. The first-order valence-electron chi connectivity index (χ1n) is 6.18. The van der Waals surface area contributed by atoms with Crippen molar-refractivity contribution < 1.29 is 17.9 Å². The number of nitrogens with zero attached hydrogens (tertiary/aromatic N) is 1. The molecule has 0 N–H and O–H groups in total. The molecule has 3 nitrogen and oxygen atoms in total. The van der Waals surface area contributed by atoms with Gasteiger partial charge in [-0.25, -0.2) is 8.78 Å². The van der Waals surface area contributed by atoms with Crippen molar-refractivity contribution in [2.45, 2.75) is 6.61 Å². The van der Waals surface area contributed by atoms with Crippen LogP contribution in [0, 0.1) is 23.0 Å². The fourth-order valence-electron chi connectivity index (χ4n) is 2.05. The Morgan fingerprint density at radius 3 is 2.48 bits per heavy atom. The van der Waals surface area contributed by atoms with Crippen molar-refractivity contribution in [3.63, 3.8) is 0 Å². The van der Waals surface area contributed by atoms with Crippen LogP contribution in [0.25, 0.3) is 11.0 Å². The van der Waals surface area contributed by atoms with Gasteiger partial charge in [-0.1, -0.05) is 18.2 Å². The zero-order chi connectivity index (χ0) is 14.8. The van der Waals surface area contributed by atoms with Gasteiger partial charge in [0.2, 0.25) is 5.76 Å². The van der Waals surface area contributed by atoms with E-state index in [1.807, 2.05) is 6.07 Å². The second kappa shape index (κ2) is 5.25. The summed E-state index contributed by atoms with van der Waals surface area (Å²) in [5.74, 6) is -1.22. The Balaban J connectivity index is 1.97. The number of hydrogen-bond acceptors (Lipinski definition) is 3. The lowest BCUT2D eigenvalue weighted by molar-refractivity contribution is 0.290. The van der Waals surface area contributed by atoms with Gasteiger partial charge >= 0.3 is 0 Å². The van der Waals surface area contributed by atoms with E-state index < -0.39 is 11.6 Å². The summed E-state index contributed by atoms with van der Waals surface area (Å²) >= 11 is 0. The Kier molecular flexibility index (Phi) is 3.28. The molecular weight excluding hydrogens is 276 g/mol. The zero-order valence-corrected chi connectivity index (χ0v) is 10.8. The molecular formula is C16H9F2NO2. The van der Waals surface area contributed by atoms with Crippen molar-refractivity contribution in [2.24, 2.45) is 0 Å². The molecule has 0 unspecified atom stereocenters. The van der Waals surface area contributed by atoms with Crippen molar-refractivity contribution in [1.29, 1.82) is 5.26 Å². The van der Waals surface area contributed by atoms with Crippen LogP contribution in [0.5, 0.6) is 5.75 Å². The Morgan fingerprint density at radius 1 is 1.05 bits per heavy atom. The van der Waals surface area contributed by atoms with Gasteiger partial charge in [0.05, 0.1) is 10.9 Å². The van der Waals surface area contributed by atoms with E-state index >= 15 is 0 Å². The number of benzene rings is 2. The van der Waals surface area contributed by atoms with Crippen LogP contribution in [0.3, 0.4) is 0 Å². The molecule has 3 aromatic rings. The van der Waals surface area contributed by atoms with E-state index in [0.717, 1.165) is 12.1 Å². The topological polar surface area (TPSA) is 46.2 Å². The maximum absolute atomic E-state index is 13.6. The first-order chi connectivity index (χ1) is 10.2. The van der Waals surface area contributed by atoms with Crippen molar-refractivity contribution in [3.05, 3.63) is 65.4 Å². The fraction of sp³-hybridized carbons (Fsp3) is 0.0625. The molecule has 0 atom stereocenters. The Labute approximate surface area is 119 Å². The van der Waals surface area contributed by atoms with Gasteiger partial charge in [0.1, 0.15) is 29.9 Å². The molecule has 0 aliphatic heterocycles. The molecule has 21 heavy (non-hydrogen) atoms. The lowest BCUT2D eigenvalue weighted by Gasteiger charge is -2.07. The molecule has 0 aliphatic rings. The van der Waals surface area contributed by atoms with Crippen LogP contribution in [0.1, 0.15) is 11.3 Å². The smallest absolute Gasteiger partial charge is 0.246 e. The van der Waals surface area contributed by atoms with Crippen LogP contribution in [-0.4, -0.2) is 0 Å². The molecule has 0 amide bonds. The van der Waals surface area contributed by atoms with Gasteiger partial charge in [0.15, 0.2) is 5.75 Å². The van der Waals surface area contributed by atoms with Gasteiger partial charge in [-0.2, -0.15) is 5.26 Å². The third-order valence-corrected chi connectivity index (χ3v) is 3.07. The monoisotopic (exact) mass is 285 g/mol. The largest absolute Gasteiger partial charge is 0.483 e. The van der Waals surface area contributed by atoms with Gasteiger partial charge in [-0.15, -0.1) is 0 Å². The second-order valence-electron chi connectivity index (χ2n) is 4.36. The van der Waals surface area contributed by atoms with Crippen LogP contribution in [0.2, 0.25) is 0 Å². The number of ether oxygens (including phenoxy) is 1. The molecule has 0 aliphatic carbocycles. The van der Waals surface area contributed by atoms with E-state index in [0.29, 0.717) is 11.0 Å². The lowest BCUT2D eigenvalue weighted by Crippen LogP contribution is -2.02. The van der Waals surface area contributed by atoms with Gasteiger partial charge in [-0.3, -0.25) is 0 Å².